The Balaban J connectivity index is 0.00000220. The normalized spacial score (nSPS) is 10.2. The Morgan fingerprint density at radius 3 is 2.57 bits per heavy atom. The van der Waals surface area contributed by atoms with Gasteiger partial charge in [0, 0.05) is 18.8 Å². The van der Waals surface area contributed by atoms with Gasteiger partial charge in [0.15, 0.2) is 0 Å². The maximum Gasteiger partial charge on any atom is 0.122 e. The molecule has 0 aliphatic rings. The van der Waals surface area contributed by atoms with Gasteiger partial charge in [-0.05, 0) is 42.8 Å². The predicted molar refractivity (Wildman–Crippen MR) is 91.1 cm³/mol. The van der Waals surface area contributed by atoms with E-state index in [1.165, 1.54) is 11.1 Å². The summed E-state index contributed by atoms with van der Waals surface area (Å²) >= 11 is 0. The summed E-state index contributed by atoms with van der Waals surface area (Å²) in [5.74, 6) is 0.963. The van der Waals surface area contributed by atoms with Gasteiger partial charge in [-0.25, -0.2) is 0 Å². The first kappa shape index (κ1) is 17.3. The van der Waals surface area contributed by atoms with Gasteiger partial charge in [-0.1, -0.05) is 30.3 Å². The van der Waals surface area contributed by atoms with Crippen LogP contribution in [0.1, 0.15) is 11.1 Å². The van der Waals surface area contributed by atoms with Crippen LogP contribution in [0.15, 0.2) is 48.5 Å². The van der Waals surface area contributed by atoms with Crippen LogP contribution < -0.4 is 10.5 Å². The lowest BCUT2D eigenvalue weighted by Gasteiger charge is -2.17. The minimum atomic E-state index is 0. The zero-order valence-electron chi connectivity index (χ0n) is 12.6. The van der Waals surface area contributed by atoms with E-state index in [-0.39, 0.29) is 12.4 Å². The van der Waals surface area contributed by atoms with Gasteiger partial charge >= 0.3 is 0 Å². The number of halogens is 1. The molecule has 0 saturated carbocycles. The number of nitrogens with zero attached hydrogens (tertiary/aromatic N) is 1. The summed E-state index contributed by atoms with van der Waals surface area (Å²) in [5, 5.41) is 0. The number of methoxy groups -OCH3 is 1. The molecule has 0 unspecified atom stereocenters. The lowest BCUT2D eigenvalue weighted by atomic mass is 10.1. The summed E-state index contributed by atoms with van der Waals surface area (Å²) in [5.41, 5.74) is 9.11. The van der Waals surface area contributed by atoms with E-state index >= 15 is 0 Å². The lowest BCUT2D eigenvalue weighted by Crippen LogP contribution is -2.21. The van der Waals surface area contributed by atoms with Crippen LogP contribution in [0, 0.1) is 0 Å². The summed E-state index contributed by atoms with van der Waals surface area (Å²) < 4.78 is 5.38. The van der Waals surface area contributed by atoms with Crippen molar-refractivity contribution in [2.24, 2.45) is 0 Å². The third-order valence-corrected chi connectivity index (χ3v) is 3.36. The Kier molecular flexibility index (Phi) is 7.06. The second kappa shape index (κ2) is 8.55. The molecule has 0 aromatic heterocycles. The van der Waals surface area contributed by atoms with E-state index in [9.17, 15) is 0 Å². The Hall–Kier alpha value is -1.71. The number of hydrogen-bond acceptors (Lipinski definition) is 3. The molecule has 2 N–H and O–H groups in total. The van der Waals surface area contributed by atoms with Gasteiger partial charge in [-0.2, -0.15) is 0 Å². The van der Waals surface area contributed by atoms with Crippen LogP contribution in [0.4, 0.5) is 5.69 Å². The number of nitrogens with two attached hydrogens (primary N) is 1. The highest BCUT2D eigenvalue weighted by molar-refractivity contribution is 5.85. The second-order valence-corrected chi connectivity index (χ2v) is 5.04. The number of likely N-dealkylation sites (N-methyl/N-ethyl adjacent to an activating group) is 1. The summed E-state index contributed by atoms with van der Waals surface area (Å²) in [4.78, 5) is 2.29. The zero-order valence-corrected chi connectivity index (χ0v) is 13.4. The largest absolute Gasteiger partial charge is 0.496 e. The van der Waals surface area contributed by atoms with E-state index in [4.69, 9.17) is 10.5 Å². The number of benzene rings is 2. The molecule has 114 valence electrons. The molecule has 2 aromatic rings. The van der Waals surface area contributed by atoms with Gasteiger partial charge in [0.1, 0.15) is 5.75 Å². The Morgan fingerprint density at radius 2 is 1.86 bits per heavy atom. The molecule has 0 radical (unpaired) electrons. The number of nitrogen functional groups attached to an aromatic ring is 1. The van der Waals surface area contributed by atoms with Crippen LogP contribution >= 0.6 is 12.4 Å². The highest BCUT2D eigenvalue weighted by atomic mass is 35.5. The summed E-state index contributed by atoms with van der Waals surface area (Å²) in [6.45, 7) is 1.88. The molecule has 3 nitrogen and oxygen atoms in total. The van der Waals surface area contributed by atoms with Crippen molar-refractivity contribution in [3.05, 3.63) is 59.7 Å². The van der Waals surface area contributed by atoms with Crippen LogP contribution in [0.5, 0.6) is 5.75 Å². The minimum Gasteiger partial charge on any atom is -0.496 e. The van der Waals surface area contributed by atoms with Crippen LogP contribution in [-0.2, 0) is 13.0 Å². The number of rotatable bonds is 6. The van der Waals surface area contributed by atoms with E-state index in [0.717, 1.165) is 30.9 Å². The molecule has 0 amide bonds. The standard InChI is InChI=1S/C17H22N2O.ClH/c1-19(13-14-6-5-8-16(18)12-14)11-10-15-7-3-4-9-17(15)20-2;/h3-9,12H,10-11,13,18H2,1-2H3;1H. The first-order valence-electron chi connectivity index (χ1n) is 6.84. The molecule has 0 atom stereocenters. The third kappa shape index (κ3) is 5.29. The van der Waals surface area contributed by atoms with Crippen LogP contribution in [0.2, 0.25) is 0 Å². The fourth-order valence-corrected chi connectivity index (χ4v) is 2.30. The van der Waals surface area contributed by atoms with Crippen molar-refractivity contribution in [1.82, 2.24) is 4.90 Å². The van der Waals surface area contributed by atoms with Gasteiger partial charge in [0.25, 0.3) is 0 Å². The fourth-order valence-electron chi connectivity index (χ4n) is 2.30. The first-order chi connectivity index (χ1) is 9.69. The predicted octanol–water partition coefficient (Wildman–Crippen LogP) is 3.37. The van der Waals surface area contributed by atoms with Gasteiger partial charge in [0.2, 0.25) is 0 Å². The minimum absolute atomic E-state index is 0. The lowest BCUT2D eigenvalue weighted by molar-refractivity contribution is 0.328. The first-order valence-corrected chi connectivity index (χ1v) is 6.84. The molecule has 0 spiro atoms. The number of para-hydroxylation sites is 1. The zero-order chi connectivity index (χ0) is 14.4. The average Bonchev–Trinajstić information content (AvgIpc) is 2.45. The molecule has 0 aliphatic carbocycles. The van der Waals surface area contributed by atoms with Crippen molar-refractivity contribution < 1.29 is 4.74 Å². The molecular weight excluding hydrogens is 284 g/mol. The average molecular weight is 307 g/mol. The van der Waals surface area contributed by atoms with Crippen molar-refractivity contribution in [2.75, 3.05) is 26.4 Å². The molecule has 0 aliphatic heterocycles. The van der Waals surface area contributed by atoms with Crippen molar-refractivity contribution in [3.63, 3.8) is 0 Å². The van der Waals surface area contributed by atoms with Gasteiger partial charge < -0.3 is 15.4 Å². The highest BCUT2D eigenvalue weighted by Gasteiger charge is 2.05. The van der Waals surface area contributed by atoms with Gasteiger partial charge in [-0.3, -0.25) is 0 Å². The molecule has 21 heavy (non-hydrogen) atoms. The second-order valence-electron chi connectivity index (χ2n) is 5.04. The molecule has 2 aromatic carbocycles. The molecule has 0 fully saturated rings. The van der Waals surface area contributed by atoms with Crippen molar-refractivity contribution in [2.45, 2.75) is 13.0 Å². The van der Waals surface area contributed by atoms with E-state index in [0.29, 0.717) is 0 Å². The fraction of sp³-hybridized carbons (Fsp3) is 0.294. The van der Waals surface area contributed by atoms with Crippen LogP contribution in [0.3, 0.4) is 0 Å². The maximum absolute atomic E-state index is 5.80. The Morgan fingerprint density at radius 1 is 1.10 bits per heavy atom. The van der Waals surface area contributed by atoms with Gasteiger partial charge in [0.05, 0.1) is 7.11 Å². The van der Waals surface area contributed by atoms with E-state index < -0.39 is 0 Å². The van der Waals surface area contributed by atoms with Crippen LogP contribution in [0.25, 0.3) is 0 Å². The molecule has 0 heterocycles. The maximum atomic E-state index is 5.80. The summed E-state index contributed by atoms with van der Waals surface area (Å²) in [6.07, 6.45) is 0.975. The highest BCUT2D eigenvalue weighted by Crippen LogP contribution is 2.18. The Bertz CT molecular complexity index is 560. The monoisotopic (exact) mass is 306 g/mol. The number of anilines is 1. The molecule has 0 saturated heterocycles. The van der Waals surface area contributed by atoms with Crippen molar-refractivity contribution in [1.29, 1.82) is 0 Å². The SMILES string of the molecule is COc1ccccc1CCN(C)Cc1cccc(N)c1.Cl. The van der Waals surface area contributed by atoms with Gasteiger partial charge in [-0.15, -0.1) is 12.4 Å². The van der Waals surface area contributed by atoms with E-state index in [2.05, 4.69) is 30.1 Å². The smallest absolute Gasteiger partial charge is 0.122 e. The van der Waals surface area contributed by atoms with Crippen molar-refractivity contribution in [3.8, 4) is 5.75 Å². The topological polar surface area (TPSA) is 38.5 Å². The van der Waals surface area contributed by atoms with Crippen molar-refractivity contribution >= 4 is 18.1 Å². The third-order valence-electron chi connectivity index (χ3n) is 3.36. The molecule has 0 bridgehead atoms. The summed E-state index contributed by atoms with van der Waals surface area (Å²) in [7, 11) is 3.84. The van der Waals surface area contributed by atoms with E-state index in [1.807, 2.05) is 30.3 Å². The van der Waals surface area contributed by atoms with Crippen LogP contribution in [-0.4, -0.2) is 25.6 Å². The Labute approximate surface area is 133 Å². The molecular formula is C17H23ClN2O. The number of hydrogen-bond donors (Lipinski definition) is 1. The van der Waals surface area contributed by atoms with E-state index in [1.54, 1.807) is 7.11 Å². The molecule has 4 heteroatoms. The summed E-state index contributed by atoms with van der Waals surface area (Å²) in [6, 6.07) is 16.2. The molecule has 2 rings (SSSR count). The quantitative estimate of drug-likeness (QED) is 0.832. The number of ether oxygens (including phenoxy) is 1.